The summed E-state index contributed by atoms with van der Waals surface area (Å²) in [7, 11) is -3.82. The average molecular weight is 489 g/mol. The number of nitrogens with zero attached hydrogens (tertiary/aromatic N) is 2. The summed E-state index contributed by atoms with van der Waals surface area (Å²) in [5, 5.41) is 13.7. The van der Waals surface area contributed by atoms with Crippen molar-refractivity contribution in [3.8, 4) is 11.1 Å². The number of anilines is 2. The van der Waals surface area contributed by atoms with Crippen molar-refractivity contribution in [2.24, 2.45) is 0 Å². The number of pyridine rings is 1. The highest BCUT2D eigenvalue weighted by atomic mass is 32.2. The maximum Gasteiger partial charge on any atom is 0.409 e. The van der Waals surface area contributed by atoms with E-state index >= 15 is 0 Å². The van der Waals surface area contributed by atoms with Crippen LogP contribution in [0.4, 0.5) is 16.2 Å². The summed E-state index contributed by atoms with van der Waals surface area (Å²) in [6.45, 7) is 0. The Bertz CT molecular complexity index is 1490. The van der Waals surface area contributed by atoms with Gasteiger partial charge in [-0.15, -0.1) is 0 Å². The Labute approximate surface area is 201 Å². The van der Waals surface area contributed by atoms with Gasteiger partial charge < -0.3 is 10.4 Å². The van der Waals surface area contributed by atoms with Gasteiger partial charge in [0.05, 0.1) is 16.3 Å². The van der Waals surface area contributed by atoms with Crippen molar-refractivity contribution in [2.45, 2.75) is 4.90 Å². The lowest BCUT2D eigenvalue weighted by molar-refractivity contribution is -0.111. The van der Waals surface area contributed by atoms with E-state index in [1.165, 1.54) is 42.7 Å². The third-order valence-corrected chi connectivity index (χ3v) is 6.62. The second-order valence-corrected chi connectivity index (χ2v) is 9.19. The number of carbonyl (C=O) groups excluding carboxylic acids is 1. The number of benzene rings is 2. The van der Waals surface area contributed by atoms with E-state index in [1.807, 2.05) is 6.07 Å². The molecule has 4 rings (SSSR count). The molecule has 35 heavy (non-hydrogen) atoms. The van der Waals surface area contributed by atoms with E-state index in [9.17, 15) is 18.0 Å². The van der Waals surface area contributed by atoms with E-state index in [1.54, 1.807) is 54.9 Å². The van der Waals surface area contributed by atoms with Crippen molar-refractivity contribution in [3.63, 3.8) is 0 Å². The van der Waals surface area contributed by atoms with Crippen molar-refractivity contribution in [1.82, 2.24) is 8.96 Å². The van der Waals surface area contributed by atoms with Crippen molar-refractivity contribution in [2.75, 3.05) is 10.6 Å². The fraction of sp³-hybridized carbons (Fsp3) is 0. The smallest absolute Gasteiger partial charge is 0.409 e. The molecule has 0 aliphatic heterocycles. The maximum absolute atomic E-state index is 13.0. The molecule has 0 aliphatic rings. The first-order valence-corrected chi connectivity index (χ1v) is 11.8. The third kappa shape index (κ3) is 5.63. The fourth-order valence-corrected chi connectivity index (χ4v) is 4.48. The molecular formula is C25H20N4O5S. The molecule has 0 saturated heterocycles. The van der Waals surface area contributed by atoms with E-state index in [0.717, 1.165) is 15.1 Å². The third-order valence-electron chi connectivity index (χ3n) is 4.97. The summed E-state index contributed by atoms with van der Waals surface area (Å²) < 4.78 is 27.1. The van der Waals surface area contributed by atoms with Crippen LogP contribution in [0.15, 0.2) is 102 Å². The van der Waals surface area contributed by atoms with Crippen LogP contribution in [0, 0.1) is 0 Å². The van der Waals surface area contributed by atoms with E-state index in [4.69, 9.17) is 5.11 Å². The summed E-state index contributed by atoms with van der Waals surface area (Å²) >= 11 is 0. The minimum atomic E-state index is -3.82. The van der Waals surface area contributed by atoms with E-state index in [2.05, 4.69) is 15.6 Å². The van der Waals surface area contributed by atoms with E-state index < -0.39 is 22.0 Å². The molecule has 0 radical (unpaired) electrons. The van der Waals surface area contributed by atoms with Crippen molar-refractivity contribution in [1.29, 1.82) is 0 Å². The van der Waals surface area contributed by atoms with Crippen LogP contribution in [0.5, 0.6) is 0 Å². The van der Waals surface area contributed by atoms with Crippen molar-refractivity contribution < 1.29 is 23.1 Å². The normalized spacial score (nSPS) is 11.3. The molecule has 4 aromatic rings. The Hall–Kier alpha value is -4.70. The topological polar surface area (TPSA) is 130 Å². The maximum atomic E-state index is 13.0. The molecule has 0 aliphatic carbocycles. The van der Waals surface area contributed by atoms with Gasteiger partial charge in [0.15, 0.2) is 0 Å². The number of carboxylic acid groups (broad SMARTS) is 1. The highest BCUT2D eigenvalue weighted by Gasteiger charge is 2.16. The van der Waals surface area contributed by atoms with Gasteiger partial charge in [-0.25, -0.2) is 17.2 Å². The predicted octanol–water partition coefficient (Wildman–Crippen LogP) is 4.53. The number of rotatable bonds is 7. The molecule has 0 bridgehead atoms. The van der Waals surface area contributed by atoms with Gasteiger partial charge in [-0.2, -0.15) is 0 Å². The number of aromatic nitrogens is 2. The van der Waals surface area contributed by atoms with Gasteiger partial charge in [-0.3, -0.25) is 15.1 Å². The standard InChI is InChI=1S/C25H20N4O5S/c30-24(27-22-5-1-2-6-23(22)28-25(31)32)12-7-18-13-15-29(17-18)35(33,34)21-10-8-19(9-11-21)20-4-3-14-26-16-20/h1-17,28H,(H,27,30)(H,31,32)/b12-7+. The number of amides is 2. The lowest BCUT2D eigenvalue weighted by Crippen LogP contribution is -2.13. The summed E-state index contributed by atoms with van der Waals surface area (Å²) in [6.07, 6.45) is 7.59. The zero-order valence-electron chi connectivity index (χ0n) is 18.2. The molecule has 3 N–H and O–H groups in total. The number of para-hydroxylation sites is 2. The summed E-state index contributed by atoms with van der Waals surface area (Å²) in [5.41, 5.74) is 2.74. The van der Waals surface area contributed by atoms with Crippen LogP contribution < -0.4 is 10.6 Å². The van der Waals surface area contributed by atoms with Gasteiger partial charge >= 0.3 is 6.09 Å². The number of hydrogen-bond acceptors (Lipinski definition) is 5. The van der Waals surface area contributed by atoms with E-state index in [-0.39, 0.29) is 10.6 Å². The molecule has 2 aromatic carbocycles. The molecule has 9 nitrogen and oxygen atoms in total. The lowest BCUT2D eigenvalue weighted by atomic mass is 10.1. The van der Waals surface area contributed by atoms with Crippen LogP contribution in [0.1, 0.15) is 5.56 Å². The molecule has 2 heterocycles. The Kier molecular flexibility index (Phi) is 6.74. The first-order chi connectivity index (χ1) is 16.8. The Balaban J connectivity index is 1.46. The van der Waals surface area contributed by atoms with Crippen LogP contribution in [0.2, 0.25) is 0 Å². The largest absolute Gasteiger partial charge is 0.465 e. The monoisotopic (exact) mass is 488 g/mol. The number of hydrogen-bond donors (Lipinski definition) is 3. The number of nitrogens with one attached hydrogen (secondary N) is 2. The first kappa shape index (κ1) is 23.5. The molecule has 0 unspecified atom stereocenters. The summed E-state index contributed by atoms with van der Waals surface area (Å²) in [4.78, 5) is 27.4. The van der Waals surface area contributed by atoms with Gasteiger partial charge in [-0.1, -0.05) is 30.3 Å². The minimum Gasteiger partial charge on any atom is -0.465 e. The molecule has 0 fully saturated rings. The first-order valence-electron chi connectivity index (χ1n) is 10.3. The second-order valence-electron chi connectivity index (χ2n) is 7.34. The van der Waals surface area contributed by atoms with Crippen LogP contribution >= 0.6 is 0 Å². The summed E-state index contributed by atoms with van der Waals surface area (Å²) in [5.74, 6) is -0.508. The van der Waals surface area contributed by atoms with Gasteiger partial charge in [-0.05, 0) is 59.2 Å². The molecule has 2 aromatic heterocycles. The quantitative estimate of drug-likeness (QED) is 0.328. The molecule has 0 saturated carbocycles. The lowest BCUT2D eigenvalue weighted by Gasteiger charge is -2.08. The Morgan fingerprint density at radius 3 is 2.26 bits per heavy atom. The van der Waals surface area contributed by atoms with Gasteiger partial charge in [0.1, 0.15) is 0 Å². The Morgan fingerprint density at radius 1 is 0.886 bits per heavy atom. The zero-order chi connectivity index (χ0) is 24.8. The highest BCUT2D eigenvalue weighted by Crippen LogP contribution is 2.23. The molecule has 0 atom stereocenters. The molecule has 0 spiro atoms. The summed E-state index contributed by atoms with van der Waals surface area (Å²) in [6, 6.07) is 18.1. The number of carbonyl (C=O) groups is 2. The molecule has 2 amide bonds. The van der Waals surface area contributed by atoms with Crippen LogP contribution in [0.3, 0.4) is 0 Å². The molecular weight excluding hydrogens is 468 g/mol. The van der Waals surface area contributed by atoms with Gasteiger partial charge in [0.2, 0.25) is 5.91 Å². The highest BCUT2D eigenvalue weighted by molar-refractivity contribution is 7.90. The van der Waals surface area contributed by atoms with Crippen LogP contribution in [0.25, 0.3) is 17.2 Å². The van der Waals surface area contributed by atoms with Gasteiger partial charge in [0, 0.05) is 30.9 Å². The molecule has 176 valence electrons. The Morgan fingerprint density at radius 2 is 1.60 bits per heavy atom. The van der Waals surface area contributed by atoms with Crippen molar-refractivity contribution in [3.05, 3.63) is 103 Å². The fourth-order valence-electron chi connectivity index (χ4n) is 3.28. The van der Waals surface area contributed by atoms with Crippen molar-refractivity contribution >= 4 is 39.5 Å². The zero-order valence-corrected chi connectivity index (χ0v) is 19.0. The van der Waals surface area contributed by atoms with Crippen LogP contribution in [-0.2, 0) is 14.8 Å². The van der Waals surface area contributed by atoms with Crippen LogP contribution in [-0.4, -0.2) is 34.5 Å². The predicted molar refractivity (Wildman–Crippen MR) is 132 cm³/mol. The van der Waals surface area contributed by atoms with E-state index in [0.29, 0.717) is 11.3 Å². The second kappa shape index (κ2) is 10.1. The molecule has 10 heteroatoms. The SMILES string of the molecule is O=C(O)Nc1ccccc1NC(=O)/C=C/c1ccn(S(=O)(=O)c2ccc(-c3cccnc3)cc2)c1. The van der Waals surface area contributed by atoms with Gasteiger partial charge in [0.25, 0.3) is 10.0 Å². The average Bonchev–Trinajstić information content (AvgIpc) is 3.34. The minimum absolute atomic E-state index is 0.122.